The van der Waals surface area contributed by atoms with Crippen molar-refractivity contribution in [2.75, 3.05) is 7.11 Å². The Balaban J connectivity index is 1.51. The van der Waals surface area contributed by atoms with E-state index in [1.165, 1.54) is 0 Å². The Morgan fingerprint density at radius 2 is 2.08 bits per heavy atom. The van der Waals surface area contributed by atoms with E-state index in [4.69, 9.17) is 4.74 Å². The number of carbonyl (C=O) groups excluding carboxylic acids is 1. The zero-order valence-electron chi connectivity index (χ0n) is 14.9. The summed E-state index contributed by atoms with van der Waals surface area (Å²) in [5, 5.41) is 15.1. The van der Waals surface area contributed by atoms with E-state index in [-0.39, 0.29) is 11.9 Å². The number of hydrogen-bond donors (Lipinski definition) is 1. The Hall–Kier alpha value is -3.16. The lowest BCUT2D eigenvalue weighted by molar-refractivity contribution is 0.0932. The molecule has 1 amide bonds. The van der Waals surface area contributed by atoms with Gasteiger partial charge in [0.1, 0.15) is 5.75 Å². The first kappa shape index (κ1) is 17.7. The molecule has 0 aliphatic carbocycles. The van der Waals surface area contributed by atoms with Gasteiger partial charge in [-0.05, 0) is 37.1 Å². The molecule has 2 heterocycles. The monoisotopic (exact) mass is 354 g/mol. The molecule has 26 heavy (non-hydrogen) atoms. The van der Waals surface area contributed by atoms with Gasteiger partial charge in [0, 0.05) is 25.0 Å². The Labute approximate surface area is 151 Å². The minimum absolute atomic E-state index is 0.0124. The molecule has 0 saturated heterocycles. The zero-order valence-corrected chi connectivity index (χ0v) is 14.9. The minimum Gasteiger partial charge on any atom is -0.497 e. The normalized spacial score (nSPS) is 11.9. The van der Waals surface area contributed by atoms with E-state index in [9.17, 15) is 4.79 Å². The lowest BCUT2D eigenvalue weighted by Crippen LogP contribution is -2.33. The van der Waals surface area contributed by atoms with Crippen LogP contribution in [0.15, 0.2) is 48.9 Å². The van der Waals surface area contributed by atoms with Crippen LogP contribution in [0.4, 0.5) is 0 Å². The van der Waals surface area contributed by atoms with E-state index in [0.717, 1.165) is 24.3 Å². The summed E-state index contributed by atoms with van der Waals surface area (Å²) >= 11 is 0. The summed E-state index contributed by atoms with van der Waals surface area (Å²) in [6.07, 6.45) is 6.08. The molecule has 0 saturated carbocycles. The van der Waals surface area contributed by atoms with Crippen molar-refractivity contribution in [2.24, 2.45) is 0 Å². The van der Waals surface area contributed by atoms with Crippen molar-refractivity contribution in [3.8, 4) is 5.75 Å². The summed E-state index contributed by atoms with van der Waals surface area (Å²) in [7, 11) is 1.63. The number of aromatic nitrogens is 5. The van der Waals surface area contributed by atoms with E-state index in [0.29, 0.717) is 12.2 Å². The molecule has 0 bridgehead atoms. The Bertz CT molecular complexity index is 826. The van der Waals surface area contributed by atoms with Crippen molar-refractivity contribution in [1.82, 2.24) is 30.1 Å². The molecule has 0 spiro atoms. The third-order valence-corrected chi connectivity index (χ3v) is 4.00. The lowest BCUT2D eigenvalue weighted by Gasteiger charge is -2.12. The standard InChI is InChI=1S/C18H22N6O2/c1-14(8-11-23-10-3-9-19-23)20-18(25)17-13-24(22-21-17)12-15-4-6-16(26-2)7-5-15/h3-7,9-10,13-14H,8,11-12H2,1-2H3,(H,20,25)/t14-/m1/s1. The highest BCUT2D eigenvalue weighted by molar-refractivity contribution is 5.92. The van der Waals surface area contributed by atoms with Crippen LogP contribution >= 0.6 is 0 Å². The molecule has 2 aromatic heterocycles. The van der Waals surface area contributed by atoms with E-state index in [2.05, 4.69) is 20.7 Å². The smallest absolute Gasteiger partial charge is 0.273 e. The Morgan fingerprint density at radius 3 is 2.77 bits per heavy atom. The van der Waals surface area contributed by atoms with Gasteiger partial charge in [-0.2, -0.15) is 5.10 Å². The molecule has 0 unspecified atom stereocenters. The summed E-state index contributed by atoms with van der Waals surface area (Å²) in [6.45, 7) is 3.25. The van der Waals surface area contributed by atoms with Crippen molar-refractivity contribution >= 4 is 5.91 Å². The Morgan fingerprint density at radius 1 is 1.27 bits per heavy atom. The molecule has 3 rings (SSSR count). The van der Waals surface area contributed by atoms with Gasteiger partial charge < -0.3 is 10.1 Å². The summed E-state index contributed by atoms with van der Waals surface area (Å²) in [6, 6.07) is 9.58. The molecule has 0 aliphatic heterocycles. The fraction of sp³-hybridized carbons (Fsp3) is 0.333. The van der Waals surface area contributed by atoms with Crippen LogP contribution in [-0.2, 0) is 13.1 Å². The van der Waals surface area contributed by atoms with Gasteiger partial charge >= 0.3 is 0 Å². The van der Waals surface area contributed by atoms with Crippen LogP contribution in [-0.4, -0.2) is 43.8 Å². The molecule has 1 atom stereocenters. The molecule has 8 heteroatoms. The number of nitrogens with one attached hydrogen (secondary N) is 1. The van der Waals surface area contributed by atoms with Crippen LogP contribution < -0.4 is 10.1 Å². The van der Waals surface area contributed by atoms with Crippen molar-refractivity contribution in [2.45, 2.75) is 32.5 Å². The summed E-state index contributed by atoms with van der Waals surface area (Å²) in [5.74, 6) is 0.579. The van der Waals surface area contributed by atoms with Gasteiger partial charge in [0.15, 0.2) is 5.69 Å². The van der Waals surface area contributed by atoms with Crippen LogP contribution in [0.2, 0.25) is 0 Å². The van der Waals surface area contributed by atoms with Crippen LogP contribution in [0.1, 0.15) is 29.4 Å². The molecular formula is C18H22N6O2. The van der Waals surface area contributed by atoms with Crippen molar-refractivity contribution in [3.05, 3.63) is 60.2 Å². The average Bonchev–Trinajstić information content (AvgIpc) is 3.32. The van der Waals surface area contributed by atoms with Gasteiger partial charge in [-0.3, -0.25) is 9.48 Å². The zero-order chi connectivity index (χ0) is 18.4. The fourth-order valence-corrected chi connectivity index (χ4v) is 2.53. The van der Waals surface area contributed by atoms with Gasteiger partial charge in [0.2, 0.25) is 0 Å². The third kappa shape index (κ3) is 4.69. The van der Waals surface area contributed by atoms with Gasteiger partial charge in [-0.1, -0.05) is 17.3 Å². The second-order valence-electron chi connectivity index (χ2n) is 6.08. The first-order chi connectivity index (χ1) is 12.6. The molecule has 0 aliphatic rings. The van der Waals surface area contributed by atoms with E-state index in [1.807, 2.05) is 48.1 Å². The first-order valence-electron chi connectivity index (χ1n) is 8.45. The summed E-state index contributed by atoms with van der Waals surface area (Å²) < 4.78 is 8.63. The molecular weight excluding hydrogens is 332 g/mol. The molecule has 8 nitrogen and oxygen atoms in total. The van der Waals surface area contributed by atoms with E-state index >= 15 is 0 Å². The maximum atomic E-state index is 12.3. The lowest BCUT2D eigenvalue weighted by atomic mass is 10.2. The molecule has 1 aromatic carbocycles. The van der Waals surface area contributed by atoms with Gasteiger partial charge in [0.25, 0.3) is 5.91 Å². The third-order valence-electron chi connectivity index (χ3n) is 4.00. The van der Waals surface area contributed by atoms with Gasteiger partial charge in [-0.15, -0.1) is 5.10 Å². The van der Waals surface area contributed by atoms with Crippen LogP contribution in [0.3, 0.4) is 0 Å². The first-order valence-corrected chi connectivity index (χ1v) is 8.45. The number of nitrogens with zero attached hydrogens (tertiary/aromatic N) is 5. The van der Waals surface area contributed by atoms with Crippen molar-refractivity contribution in [3.63, 3.8) is 0 Å². The fourth-order valence-electron chi connectivity index (χ4n) is 2.53. The summed E-state index contributed by atoms with van der Waals surface area (Å²) in [4.78, 5) is 12.3. The van der Waals surface area contributed by atoms with Gasteiger partial charge in [-0.25, -0.2) is 4.68 Å². The quantitative estimate of drug-likeness (QED) is 0.666. The topological polar surface area (TPSA) is 86.9 Å². The molecule has 0 fully saturated rings. The van der Waals surface area contributed by atoms with Crippen molar-refractivity contribution in [1.29, 1.82) is 0 Å². The van der Waals surface area contributed by atoms with Crippen molar-refractivity contribution < 1.29 is 9.53 Å². The molecule has 136 valence electrons. The molecule has 3 aromatic rings. The number of methoxy groups -OCH3 is 1. The van der Waals surface area contributed by atoms with Crippen LogP contribution in [0, 0.1) is 0 Å². The largest absolute Gasteiger partial charge is 0.497 e. The minimum atomic E-state index is -0.223. The second kappa shape index (κ2) is 8.28. The highest BCUT2D eigenvalue weighted by Crippen LogP contribution is 2.12. The number of carbonyl (C=O) groups is 1. The van der Waals surface area contributed by atoms with Crippen LogP contribution in [0.25, 0.3) is 0 Å². The van der Waals surface area contributed by atoms with E-state index in [1.54, 1.807) is 24.2 Å². The number of benzene rings is 1. The number of rotatable bonds is 8. The summed E-state index contributed by atoms with van der Waals surface area (Å²) in [5.41, 5.74) is 1.36. The average molecular weight is 354 g/mol. The van der Waals surface area contributed by atoms with E-state index < -0.39 is 0 Å². The Kier molecular flexibility index (Phi) is 5.62. The maximum Gasteiger partial charge on any atom is 0.273 e. The number of ether oxygens (including phenoxy) is 1. The van der Waals surface area contributed by atoms with Crippen LogP contribution in [0.5, 0.6) is 5.75 Å². The highest BCUT2D eigenvalue weighted by Gasteiger charge is 2.14. The van der Waals surface area contributed by atoms with Gasteiger partial charge in [0.05, 0.1) is 19.9 Å². The predicted octanol–water partition coefficient (Wildman–Crippen LogP) is 1.74. The molecule has 0 radical (unpaired) electrons. The number of hydrogen-bond acceptors (Lipinski definition) is 5. The second-order valence-corrected chi connectivity index (χ2v) is 6.08. The number of amides is 1. The highest BCUT2D eigenvalue weighted by atomic mass is 16.5. The predicted molar refractivity (Wildman–Crippen MR) is 95.9 cm³/mol. The molecule has 1 N–H and O–H groups in total. The SMILES string of the molecule is COc1ccc(Cn2cc(C(=O)N[C@H](C)CCn3cccn3)nn2)cc1. The number of aryl methyl sites for hydroxylation is 1. The maximum absolute atomic E-state index is 12.3.